The van der Waals surface area contributed by atoms with Gasteiger partial charge in [-0.3, -0.25) is 4.79 Å². The third kappa shape index (κ3) is 3.82. The van der Waals surface area contributed by atoms with Crippen molar-refractivity contribution in [3.05, 3.63) is 35.9 Å². The summed E-state index contributed by atoms with van der Waals surface area (Å²) in [5.41, 5.74) is 6.28. The number of benzene rings is 1. The van der Waals surface area contributed by atoms with E-state index in [1.54, 1.807) is 24.3 Å². The zero-order valence-corrected chi connectivity index (χ0v) is 11.0. The predicted molar refractivity (Wildman–Crippen MR) is 71.9 cm³/mol. The molecule has 0 bridgehead atoms. The van der Waals surface area contributed by atoms with Crippen LogP contribution in [0.2, 0.25) is 0 Å². The Bertz CT molecular complexity index is 375. The van der Waals surface area contributed by atoms with Crippen molar-refractivity contribution < 1.29 is 9.90 Å². The van der Waals surface area contributed by atoms with Gasteiger partial charge in [-0.1, -0.05) is 44.2 Å². The number of aliphatic hydroxyl groups is 1. The van der Waals surface area contributed by atoms with Gasteiger partial charge in [0.25, 0.3) is 5.91 Å². The SMILES string of the molecule is CCC(N)(CC)CNC(=O)C(O)c1ccccc1. The van der Waals surface area contributed by atoms with Crippen molar-refractivity contribution in [2.75, 3.05) is 6.54 Å². The highest BCUT2D eigenvalue weighted by Gasteiger charge is 2.23. The van der Waals surface area contributed by atoms with Crippen LogP contribution in [-0.2, 0) is 4.79 Å². The Morgan fingerprint density at radius 2 is 1.89 bits per heavy atom. The zero-order chi connectivity index (χ0) is 13.6. The second kappa shape index (κ2) is 6.52. The minimum absolute atomic E-state index is 0.378. The van der Waals surface area contributed by atoms with Crippen LogP contribution in [0.4, 0.5) is 0 Å². The summed E-state index contributed by atoms with van der Waals surface area (Å²) in [5, 5.41) is 12.6. The first-order valence-electron chi connectivity index (χ1n) is 6.32. The normalized spacial score (nSPS) is 13.1. The standard InChI is InChI=1S/C14H22N2O2/c1-3-14(15,4-2)10-16-13(18)12(17)11-8-6-5-7-9-11/h5-9,12,17H,3-4,10,15H2,1-2H3,(H,16,18). The van der Waals surface area contributed by atoms with Crippen molar-refractivity contribution in [1.82, 2.24) is 5.32 Å². The van der Waals surface area contributed by atoms with Crippen molar-refractivity contribution in [3.8, 4) is 0 Å². The molecule has 0 fully saturated rings. The van der Waals surface area contributed by atoms with E-state index in [0.717, 1.165) is 12.8 Å². The van der Waals surface area contributed by atoms with Crippen molar-refractivity contribution in [2.24, 2.45) is 5.73 Å². The molecule has 0 spiro atoms. The van der Waals surface area contributed by atoms with Crippen LogP contribution in [-0.4, -0.2) is 23.1 Å². The summed E-state index contributed by atoms with van der Waals surface area (Å²) in [6.45, 7) is 4.36. The van der Waals surface area contributed by atoms with E-state index in [9.17, 15) is 9.90 Å². The molecule has 0 aliphatic heterocycles. The molecule has 100 valence electrons. The van der Waals surface area contributed by atoms with E-state index in [-0.39, 0.29) is 0 Å². The number of hydrogen-bond donors (Lipinski definition) is 3. The van der Waals surface area contributed by atoms with Crippen molar-refractivity contribution in [3.63, 3.8) is 0 Å². The molecule has 1 amide bonds. The minimum atomic E-state index is -1.14. The maximum absolute atomic E-state index is 11.8. The highest BCUT2D eigenvalue weighted by Crippen LogP contribution is 2.13. The van der Waals surface area contributed by atoms with Gasteiger partial charge in [-0.05, 0) is 18.4 Å². The Morgan fingerprint density at radius 1 is 1.33 bits per heavy atom. The number of amides is 1. The molecule has 1 aromatic carbocycles. The molecule has 1 aromatic rings. The van der Waals surface area contributed by atoms with Crippen molar-refractivity contribution in [1.29, 1.82) is 0 Å². The average molecular weight is 250 g/mol. The summed E-state index contributed by atoms with van der Waals surface area (Å²) in [6, 6.07) is 8.86. The molecule has 18 heavy (non-hydrogen) atoms. The van der Waals surface area contributed by atoms with Gasteiger partial charge in [0.15, 0.2) is 6.10 Å². The summed E-state index contributed by atoms with van der Waals surface area (Å²) < 4.78 is 0. The molecule has 1 atom stereocenters. The second-order valence-electron chi connectivity index (χ2n) is 4.60. The molecule has 1 unspecified atom stereocenters. The predicted octanol–water partition coefficient (Wildman–Crippen LogP) is 1.35. The average Bonchev–Trinajstić information content (AvgIpc) is 2.44. The van der Waals surface area contributed by atoms with Crippen molar-refractivity contribution >= 4 is 5.91 Å². The largest absolute Gasteiger partial charge is 0.378 e. The van der Waals surface area contributed by atoms with Crippen molar-refractivity contribution in [2.45, 2.75) is 38.3 Å². The molecule has 4 nitrogen and oxygen atoms in total. The molecule has 0 saturated carbocycles. The lowest BCUT2D eigenvalue weighted by Crippen LogP contribution is -2.50. The van der Waals surface area contributed by atoms with E-state index in [1.165, 1.54) is 0 Å². The van der Waals surface area contributed by atoms with Gasteiger partial charge in [0.05, 0.1) is 0 Å². The molecule has 4 heteroatoms. The van der Waals surface area contributed by atoms with Crippen LogP contribution in [0, 0.1) is 0 Å². The number of nitrogens with one attached hydrogen (secondary N) is 1. The first-order valence-corrected chi connectivity index (χ1v) is 6.32. The molecule has 0 aliphatic carbocycles. The maximum atomic E-state index is 11.8. The van der Waals surface area contributed by atoms with Gasteiger partial charge >= 0.3 is 0 Å². The van der Waals surface area contributed by atoms with Crippen LogP contribution in [0.15, 0.2) is 30.3 Å². The number of rotatable bonds is 6. The monoisotopic (exact) mass is 250 g/mol. The molecule has 0 aliphatic rings. The van der Waals surface area contributed by atoms with Crippen LogP contribution in [0.25, 0.3) is 0 Å². The molecular formula is C14H22N2O2. The summed E-state index contributed by atoms with van der Waals surface area (Å²) in [6.07, 6.45) is 0.431. The summed E-state index contributed by atoms with van der Waals surface area (Å²) in [4.78, 5) is 11.8. The molecule has 0 aromatic heterocycles. The molecular weight excluding hydrogens is 228 g/mol. The third-order valence-corrected chi connectivity index (χ3v) is 3.39. The first-order chi connectivity index (χ1) is 8.52. The van der Waals surface area contributed by atoms with Crippen LogP contribution in [0.1, 0.15) is 38.4 Å². The van der Waals surface area contributed by atoms with Gasteiger partial charge in [0.2, 0.25) is 0 Å². The summed E-state index contributed by atoms with van der Waals surface area (Å²) in [7, 11) is 0. The van der Waals surface area contributed by atoms with E-state index in [0.29, 0.717) is 12.1 Å². The van der Waals surface area contributed by atoms with Gasteiger partial charge in [0.1, 0.15) is 0 Å². The van der Waals surface area contributed by atoms with Gasteiger partial charge in [0, 0.05) is 12.1 Å². The zero-order valence-electron chi connectivity index (χ0n) is 11.0. The Balaban J connectivity index is 2.56. The van der Waals surface area contributed by atoms with E-state index >= 15 is 0 Å². The highest BCUT2D eigenvalue weighted by atomic mass is 16.3. The topological polar surface area (TPSA) is 75.3 Å². The Labute approximate surface area is 108 Å². The number of carbonyl (C=O) groups excluding carboxylic acids is 1. The number of carbonyl (C=O) groups is 1. The first kappa shape index (κ1) is 14.7. The summed E-state index contributed by atoms with van der Waals surface area (Å²) in [5.74, 6) is -0.405. The number of nitrogens with two attached hydrogens (primary N) is 1. The Hall–Kier alpha value is -1.39. The lowest BCUT2D eigenvalue weighted by molar-refractivity contribution is -0.129. The van der Waals surface area contributed by atoms with E-state index in [4.69, 9.17) is 5.73 Å². The van der Waals surface area contributed by atoms with Gasteiger partial charge in [-0.25, -0.2) is 0 Å². The molecule has 0 saturated heterocycles. The molecule has 4 N–H and O–H groups in total. The highest BCUT2D eigenvalue weighted by molar-refractivity contribution is 5.81. The Morgan fingerprint density at radius 3 is 2.39 bits per heavy atom. The quantitative estimate of drug-likeness (QED) is 0.713. The van der Waals surface area contributed by atoms with Crippen LogP contribution in [0.3, 0.4) is 0 Å². The molecule has 0 radical (unpaired) electrons. The Kier molecular flexibility index (Phi) is 5.31. The second-order valence-corrected chi connectivity index (χ2v) is 4.60. The third-order valence-electron chi connectivity index (χ3n) is 3.39. The molecule has 1 rings (SSSR count). The van der Waals surface area contributed by atoms with E-state index in [1.807, 2.05) is 19.9 Å². The van der Waals surface area contributed by atoms with E-state index < -0.39 is 17.6 Å². The minimum Gasteiger partial charge on any atom is -0.378 e. The van der Waals surface area contributed by atoms with Crippen LogP contribution < -0.4 is 11.1 Å². The summed E-state index contributed by atoms with van der Waals surface area (Å²) >= 11 is 0. The van der Waals surface area contributed by atoms with Gasteiger partial charge in [-0.15, -0.1) is 0 Å². The van der Waals surface area contributed by atoms with Gasteiger partial charge in [-0.2, -0.15) is 0 Å². The fourth-order valence-corrected chi connectivity index (χ4v) is 1.65. The fraction of sp³-hybridized carbons (Fsp3) is 0.500. The smallest absolute Gasteiger partial charge is 0.253 e. The number of hydrogen-bond acceptors (Lipinski definition) is 3. The lowest BCUT2D eigenvalue weighted by Gasteiger charge is -2.27. The maximum Gasteiger partial charge on any atom is 0.253 e. The van der Waals surface area contributed by atoms with E-state index in [2.05, 4.69) is 5.32 Å². The van der Waals surface area contributed by atoms with Crippen LogP contribution in [0.5, 0.6) is 0 Å². The number of aliphatic hydroxyl groups excluding tert-OH is 1. The molecule has 0 heterocycles. The van der Waals surface area contributed by atoms with Gasteiger partial charge < -0.3 is 16.2 Å². The lowest BCUT2D eigenvalue weighted by atomic mass is 9.94. The van der Waals surface area contributed by atoms with Crippen LogP contribution >= 0.6 is 0 Å². The fourth-order valence-electron chi connectivity index (χ4n) is 1.65.